The van der Waals surface area contributed by atoms with Crippen molar-refractivity contribution in [3.05, 3.63) is 77.5 Å². The summed E-state index contributed by atoms with van der Waals surface area (Å²) in [7, 11) is 0. The normalized spacial score (nSPS) is 17.8. The average Bonchev–Trinajstić information content (AvgIpc) is 3.08. The molecule has 0 bridgehead atoms. The van der Waals surface area contributed by atoms with Crippen molar-refractivity contribution in [2.45, 2.75) is 84.7 Å². The number of halogens is 3. The van der Waals surface area contributed by atoms with Crippen LogP contribution in [0.4, 0.5) is 18.9 Å². The topological polar surface area (TPSA) is 6.25 Å². The number of rotatable bonds is 13. The minimum atomic E-state index is -4.37. The smallest absolute Gasteiger partial charge is 0.377 e. The van der Waals surface area contributed by atoms with E-state index in [2.05, 4.69) is 68.5 Å². The van der Waals surface area contributed by atoms with Gasteiger partial charge in [-0.25, -0.2) is 0 Å². The monoisotopic (exact) mass is 513 g/mol. The summed E-state index contributed by atoms with van der Waals surface area (Å²) < 4.78 is 43.8. The van der Waals surface area contributed by atoms with Crippen LogP contribution in [0.2, 0.25) is 0 Å². The van der Waals surface area contributed by atoms with E-state index in [0.717, 1.165) is 74.3 Å². The summed E-state index contributed by atoms with van der Waals surface area (Å²) in [6, 6.07) is 14.5. The van der Waals surface area contributed by atoms with Crippen molar-refractivity contribution in [3.8, 4) is 0 Å². The molecule has 0 fully saturated rings. The zero-order valence-electron chi connectivity index (χ0n) is 23.2. The molecule has 2 nitrogen and oxygen atoms in total. The zero-order chi connectivity index (χ0) is 27.1. The van der Waals surface area contributed by atoms with E-state index < -0.39 is 17.2 Å². The lowest BCUT2D eigenvalue weighted by molar-refractivity contribution is -0.439. The standard InChI is InChI=1S/C32H44F3N2/c1-6-8-19-36(20-9-7-2)21-18-30-31(5,24-26-13-11-10-12-14-26)28-23-27(32(33,34)35)15-16-29(28)37(30)22-17-25(3)4/h10-16,18,21,23,25H,6-9,17,19-20,22,24H2,1-5H3/q+1. The molecule has 0 aromatic heterocycles. The van der Waals surface area contributed by atoms with Crippen LogP contribution < -0.4 is 0 Å². The number of fused-ring (bicyclic) bond motifs is 1. The summed E-state index contributed by atoms with van der Waals surface area (Å²) in [6.45, 7) is 13.7. The fourth-order valence-electron chi connectivity index (χ4n) is 5.21. The number of alkyl halides is 3. The average molecular weight is 514 g/mol. The molecule has 0 N–H and O–H groups in total. The van der Waals surface area contributed by atoms with Gasteiger partial charge >= 0.3 is 6.18 Å². The third kappa shape index (κ3) is 7.27. The van der Waals surface area contributed by atoms with Gasteiger partial charge in [-0.05, 0) is 49.8 Å². The lowest BCUT2D eigenvalue weighted by Crippen LogP contribution is -2.34. The number of unbranched alkanes of at least 4 members (excludes halogenated alkanes) is 2. The highest BCUT2D eigenvalue weighted by atomic mass is 19.4. The molecule has 1 atom stereocenters. The van der Waals surface area contributed by atoms with Crippen molar-refractivity contribution in [3.63, 3.8) is 0 Å². The number of hydrogen-bond acceptors (Lipinski definition) is 1. The quantitative estimate of drug-likeness (QED) is 0.243. The van der Waals surface area contributed by atoms with Gasteiger partial charge in [-0.3, -0.25) is 0 Å². The van der Waals surface area contributed by atoms with Gasteiger partial charge < -0.3 is 4.90 Å². The molecule has 2 aromatic rings. The molecular weight excluding hydrogens is 469 g/mol. The second kappa shape index (κ2) is 12.8. The van der Waals surface area contributed by atoms with Crippen molar-refractivity contribution in [1.82, 2.24) is 4.90 Å². The molecular formula is C32H44F3N2+. The van der Waals surface area contributed by atoms with Crippen LogP contribution in [0.15, 0.2) is 60.8 Å². The Morgan fingerprint density at radius 2 is 1.62 bits per heavy atom. The molecule has 0 aliphatic carbocycles. The highest BCUT2D eigenvalue weighted by Crippen LogP contribution is 2.45. The van der Waals surface area contributed by atoms with E-state index in [4.69, 9.17) is 0 Å². The second-order valence-corrected chi connectivity index (χ2v) is 11.0. The van der Waals surface area contributed by atoms with Gasteiger partial charge in [0.25, 0.3) is 0 Å². The Balaban J connectivity index is 2.16. The summed E-state index contributed by atoms with van der Waals surface area (Å²) in [4.78, 5) is 2.38. The lowest BCUT2D eigenvalue weighted by atomic mass is 9.74. The summed E-state index contributed by atoms with van der Waals surface area (Å²) in [6.07, 6.45) is 6.13. The predicted octanol–water partition coefficient (Wildman–Crippen LogP) is 8.77. The van der Waals surface area contributed by atoms with Gasteiger partial charge in [0.05, 0.1) is 11.0 Å². The Labute approximate surface area is 221 Å². The van der Waals surface area contributed by atoms with Crippen LogP contribution in [0.1, 0.15) is 83.4 Å². The fraction of sp³-hybridized carbons (Fsp3) is 0.531. The largest absolute Gasteiger partial charge is 0.416 e. The van der Waals surface area contributed by atoms with Gasteiger partial charge in [0, 0.05) is 43.4 Å². The molecule has 1 aliphatic heterocycles. The van der Waals surface area contributed by atoms with Gasteiger partial charge in [0.1, 0.15) is 6.54 Å². The Kier molecular flexibility index (Phi) is 10.0. The summed E-state index contributed by atoms with van der Waals surface area (Å²) in [5.41, 5.74) is 2.73. The van der Waals surface area contributed by atoms with Crippen molar-refractivity contribution < 1.29 is 17.7 Å². The molecule has 2 aromatic carbocycles. The molecule has 5 heteroatoms. The van der Waals surface area contributed by atoms with Gasteiger partial charge in [-0.2, -0.15) is 17.7 Å². The van der Waals surface area contributed by atoms with E-state index in [1.54, 1.807) is 6.07 Å². The van der Waals surface area contributed by atoms with Gasteiger partial charge in [0.2, 0.25) is 5.69 Å². The minimum absolute atomic E-state index is 0.495. The molecule has 0 saturated heterocycles. The first kappa shape index (κ1) is 29.0. The zero-order valence-corrected chi connectivity index (χ0v) is 23.2. The van der Waals surface area contributed by atoms with E-state index in [0.29, 0.717) is 12.3 Å². The summed E-state index contributed by atoms with van der Waals surface area (Å²) in [5, 5.41) is 0. The SMILES string of the molecule is CCCCN(/C=C/C1=[N+](CCC(C)C)c2ccc(C(F)(F)F)cc2C1(C)Cc1ccccc1)CCCC. The van der Waals surface area contributed by atoms with E-state index >= 15 is 0 Å². The van der Waals surface area contributed by atoms with Crippen LogP contribution in [0, 0.1) is 5.92 Å². The summed E-state index contributed by atoms with van der Waals surface area (Å²) in [5.74, 6) is 0.495. The number of nitrogens with zero attached hydrogens (tertiary/aromatic N) is 2. The van der Waals surface area contributed by atoms with E-state index in [9.17, 15) is 13.2 Å². The Morgan fingerprint density at radius 1 is 0.973 bits per heavy atom. The van der Waals surface area contributed by atoms with Crippen molar-refractivity contribution in [2.75, 3.05) is 19.6 Å². The maximum Gasteiger partial charge on any atom is 0.416 e. The maximum atomic E-state index is 13.8. The molecule has 202 valence electrons. The molecule has 3 rings (SSSR count). The van der Waals surface area contributed by atoms with Crippen LogP contribution in [0.5, 0.6) is 0 Å². The first-order valence-electron chi connectivity index (χ1n) is 13.9. The van der Waals surface area contributed by atoms with Gasteiger partial charge in [-0.1, -0.05) is 70.9 Å². The number of hydrogen-bond donors (Lipinski definition) is 0. The minimum Gasteiger partial charge on any atom is -0.377 e. The van der Waals surface area contributed by atoms with Crippen LogP contribution in [0.25, 0.3) is 0 Å². The molecule has 1 heterocycles. The molecule has 1 aliphatic rings. The van der Waals surface area contributed by atoms with E-state index in [1.165, 1.54) is 12.1 Å². The number of allylic oxidation sites excluding steroid dienone is 1. The van der Waals surface area contributed by atoms with Crippen LogP contribution in [-0.2, 0) is 18.0 Å². The fourth-order valence-corrected chi connectivity index (χ4v) is 5.21. The Bertz CT molecular complexity index is 1060. The van der Waals surface area contributed by atoms with E-state index in [1.807, 2.05) is 18.2 Å². The lowest BCUT2D eigenvalue weighted by Gasteiger charge is -2.25. The molecule has 0 saturated carbocycles. The van der Waals surface area contributed by atoms with Crippen LogP contribution in [0.3, 0.4) is 0 Å². The summed E-state index contributed by atoms with van der Waals surface area (Å²) >= 11 is 0. The van der Waals surface area contributed by atoms with Gasteiger partial charge in [-0.15, -0.1) is 0 Å². The highest BCUT2D eigenvalue weighted by molar-refractivity contribution is 6.03. The number of benzene rings is 2. The molecule has 0 spiro atoms. The van der Waals surface area contributed by atoms with Crippen LogP contribution in [-0.4, -0.2) is 34.8 Å². The van der Waals surface area contributed by atoms with Crippen molar-refractivity contribution in [1.29, 1.82) is 0 Å². The molecule has 0 amide bonds. The third-order valence-corrected chi connectivity index (χ3v) is 7.44. The molecule has 37 heavy (non-hydrogen) atoms. The Hall–Kier alpha value is -2.56. The Morgan fingerprint density at radius 3 is 2.19 bits per heavy atom. The van der Waals surface area contributed by atoms with Crippen molar-refractivity contribution >= 4 is 11.4 Å². The van der Waals surface area contributed by atoms with E-state index in [-0.39, 0.29) is 0 Å². The second-order valence-electron chi connectivity index (χ2n) is 11.0. The molecule has 0 radical (unpaired) electrons. The molecule has 1 unspecified atom stereocenters. The van der Waals surface area contributed by atoms with Crippen LogP contribution >= 0.6 is 0 Å². The van der Waals surface area contributed by atoms with Crippen molar-refractivity contribution in [2.24, 2.45) is 5.92 Å². The first-order chi connectivity index (χ1) is 17.6. The highest BCUT2D eigenvalue weighted by Gasteiger charge is 2.49. The predicted molar refractivity (Wildman–Crippen MR) is 149 cm³/mol. The third-order valence-electron chi connectivity index (χ3n) is 7.44. The maximum absolute atomic E-state index is 13.8. The first-order valence-corrected chi connectivity index (χ1v) is 13.9. The van der Waals surface area contributed by atoms with Gasteiger partial charge in [0.15, 0.2) is 5.71 Å².